The first-order valence-corrected chi connectivity index (χ1v) is 17.5. The summed E-state index contributed by atoms with van der Waals surface area (Å²) in [4.78, 5) is 59.8. The number of hydrogen-bond acceptors (Lipinski definition) is 10. The van der Waals surface area contributed by atoms with Crippen LogP contribution in [0.25, 0.3) is 22.0 Å². The van der Waals surface area contributed by atoms with E-state index in [2.05, 4.69) is 40.5 Å². The van der Waals surface area contributed by atoms with Crippen molar-refractivity contribution in [2.45, 2.75) is 40.3 Å². The van der Waals surface area contributed by atoms with Crippen molar-refractivity contribution in [3.8, 4) is 11.1 Å². The number of benzene rings is 2. The van der Waals surface area contributed by atoms with Gasteiger partial charge in [-0.25, -0.2) is 15.0 Å². The topological polar surface area (TPSA) is 180 Å². The number of aromatic amines is 1. The molecule has 0 bridgehead atoms. The molecular weight excluding hydrogens is 671 g/mol. The van der Waals surface area contributed by atoms with Gasteiger partial charge in [-0.2, -0.15) is 5.10 Å². The first-order chi connectivity index (χ1) is 25.5. The number of nitrogens with two attached hydrogens (primary N) is 1. The number of para-hydroxylation sites is 2. The van der Waals surface area contributed by atoms with E-state index < -0.39 is 0 Å². The van der Waals surface area contributed by atoms with Crippen molar-refractivity contribution in [1.29, 1.82) is 0 Å². The summed E-state index contributed by atoms with van der Waals surface area (Å²) in [6, 6.07) is 16.9. The van der Waals surface area contributed by atoms with Crippen LogP contribution in [-0.2, 0) is 6.54 Å². The maximum Gasteiger partial charge on any atom is 0.258 e. The van der Waals surface area contributed by atoms with Gasteiger partial charge in [-0.1, -0.05) is 12.1 Å². The lowest BCUT2D eigenvalue weighted by Crippen LogP contribution is -2.47. The Labute approximate surface area is 306 Å². The van der Waals surface area contributed by atoms with Crippen LogP contribution in [0.1, 0.15) is 57.4 Å². The van der Waals surface area contributed by atoms with E-state index in [1.165, 1.54) is 12.4 Å². The Kier molecular flexibility index (Phi) is 9.59. The number of fused-ring (bicyclic) bond motifs is 1. The normalized spacial score (nSPS) is 13.1. The third-order valence-corrected chi connectivity index (χ3v) is 9.45. The second kappa shape index (κ2) is 14.6. The Hall–Kier alpha value is -6.57. The van der Waals surface area contributed by atoms with Gasteiger partial charge in [0.2, 0.25) is 5.95 Å². The van der Waals surface area contributed by atoms with Gasteiger partial charge in [0.15, 0.2) is 0 Å². The maximum absolute atomic E-state index is 13.7. The van der Waals surface area contributed by atoms with Crippen LogP contribution in [0.2, 0.25) is 0 Å². The summed E-state index contributed by atoms with van der Waals surface area (Å²) in [6.45, 7) is 10.7. The lowest BCUT2D eigenvalue weighted by Gasteiger charge is -2.35. The molecule has 0 radical (unpaired) electrons. The van der Waals surface area contributed by atoms with Gasteiger partial charge >= 0.3 is 0 Å². The fourth-order valence-electron chi connectivity index (χ4n) is 6.56. The molecule has 4 aromatic heterocycles. The molecule has 1 fully saturated rings. The van der Waals surface area contributed by atoms with Crippen LogP contribution < -0.4 is 31.7 Å². The minimum atomic E-state index is -0.329. The quantitative estimate of drug-likeness (QED) is 0.151. The van der Waals surface area contributed by atoms with E-state index in [1.54, 1.807) is 30.5 Å². The zero-order chi connectivity index (χ0) is 37.2. The number of amides is 2. The number of aromatic nitrogens is 6. The average Bonchev–Trinajstić information content (AvgIpc) is 3.60. The van der Waals surface area contributed by atoms with Gasteiger partial charge in [0.25, 0.3) is 17.4 Å². The van der Waals surface area contributed by atoms with Crippen molar-refractivity contribution < 1.29 is 9.59 Å². The predicted octanol–water partition coefficient (Wildman–Crippen LogP) is 4.87. The number of anilines is 4. The molecule has 0 unspecified atom stereocenters. The molecule has 5 N–H and O–H groups in total. The molecule has 0 saturated carbocycles. The number of H-pyrrole nitrogens is 1. The van der Waals surface area contributed by atoms with Gasteiger partial charge in [0.05, 0.1) is 34.2 Å². The summed E-state index contributed by atoms with van der Waals surface area (Å²) in [5, 5.41) is 11.1. The summed E-state index contributed by atoms with van der Waals surface area (Å²) >= 11 is 0. The van der Waals surface area contributed by atoms with Gasteiger partial charge in [-0.05, 0) is 81.3 Å². The molecule has 0 atom stereocenters. The highest BCUT2D eigenvalue weighted by molar-refractivity contribution is 6.08. The number of rotatable bonds is 9. The highest BCUT2D eigenvalue weighted by Gasteiger charge is 2.22. The Morgan fingerprint density at radius 3 is 2.28 bits per heavy atom. The minimum absolute atomic E-state index is 0.0777. The number of nitrogen functional groups attached to an aromatic ring is 1. The molecule has 2 amide bonds. The van der Waals surface area contributed by atoms with Crippen LogP contribution in [-0.4, -0.2) is 67.7 Å². The zero-order valence-corrected chi connectivity index (χ0v) is 30.1. The molecule has 1 aliphatic heterocycles. The fraction of sp³-hybridized carbons (Fsp3) is 0.256. The SMILES string of the molecule is Cc1cc(C)c(CNC(=O)c2cc(-c3ccc(N4CCN(c5ncc(C(=O)Nc6ccccc6N)cn5)CC4)nc3)cc3c2cnn3C(C)C)c(=O)[nH]1. The van der Waals surface area contributed by atoms with Crippen LogP contribution in [0, 0.1) is 13.8 Å². The van der Waals surface area contributed by atoms with Crippen LogP contribution in [0.5, 0.6) is 0 Å². The summed E-state index contributed by atoms with van der Waals surface area (Å²) in [6.07, 6.45) is 6.59. The highest BCUT2D eigenvalue weighted by Crippen LogP contribution is 2.30. The number of hydrogen-bond donors (Lipinski definition) is 4. The van der Waals surface area contributed by atoms with Crippen molar-refractivity contribution in [2.75, 3.05) is 47.0 Å². The summed E-state index contributed by atoms with van der Waals surface area (Å²) in [5.74, 6) is 0.776. The zero-order valence-electron chi connectivity index (χ0n) is 30.1. The number of aryl methyl sites for hydroxylation is 2. The molecule has 53 heavy (non-hydrogen) atoms. The number of carbonyl (C=O) groups is 2. The van der Waals surface area contributed by atoms with E-state index >= 15 is 0 Å². The van der Waals surface area contributed by atoms with Gasteiger partial charge in [-0.15, -0.1) is 0 Å². The van der Waals surface area contributed by atoms with Crippen LogP contribution in [0.15, 0.2) is 84.2 Å². The standard InChI is InChI=1S/C39H41N11O3/c1-23(2)50-34-17-27(16-29(31(34)22-45-50)37(52)42-21-30-24(3)15-25(4)46-38(30)53)26-9-10-35(41-18-26)48-11-13-49(14-12-48)39-43-19-28(20-44-39)36(51)47-33-8-6-5-7-32(33)40/h5-10,15-20,22-23H,11-14,21,40H2,1-4H3,(H,42,52)(H,46,53)(H,47,51). The Bertz CT molecular complexity index is 2360. The summed E-state index contributed by atoms with van der Waals surface area (Å²) in [5.41, 5.74) is 12.2. The van der Waals surface area contributed by atoms with Gasteiger partial charge in [0, 0.05) is 79.6 Å². The lowest BCUT2D eigenvalue weighted by molar-refractivity contribution is 0.0951. The Morgan fingerprint density at radius 2 is 1.60 bits per heavy atom. The molecule has 5 heterocycles. The van der Waals surface area contributed by atoms with Crippen LogP contribution >= 0.6 is 0 Å². The van der Waals surface area contributed by atoms with Crippen molar-refractivity contribution in [1.82, 2.24) is 35.0 Å². The third kappa shape index (κ3) is 7.29. The monoisotopic (exact) mass is 711 g/mol. The molecule has 1 saturated heterocycles. The van der Waals surface area contributed by atoms with E-state index in [0.29, 0.717) is 60.2 Å². The van der Waals surface area contributed by atoms with E-state index in [-0.39, 0.29) is 30.0 Å². The smallest absolute Gasteiger partial charge is 0.258 e. The number of piperazine rings is 1. The number of pyridine rings is 2. The largest absolute Gasteiger partial charge is 0.397 e. The molecule has 0 spiro atoms. The Balaban J connectivity index is 1.03. The van der Waals surface area contributed by atoms with E-state index in [1.807, 2.05) is 68.9 Å². The summed E-state index contributed by atoms with van der Waals surface area (Å²) in [7, 11) is 0. The maximum atomic E-state index is 13.7. The third-order valence-electron chi connectivity index (χ3n) is 9.45. The van der Waals surface area contributed by atoms with Crippen molar-refractivity contribution in [2.24, 2.45) is 0 Å². The Morgan fingerprint density at radius 1 is 0.868 bits per heavy atom. The number of nitrogens with zero attached hydrogens (tertiary/aromatic N) is 7. The molecule has 0 aliphatic carbocycles. The van der Waals surface area contributed by atoms with Gasteiger partial charge < -0.3 is 31.2 Å². The van der Waals surface area contributed by atoms with E-state index in [0.717, 1.165) is 39.1 Å². The average molecular weight is 712 g/mol. The van der Waals surface area contributed by atoms with Crippen LogP contribution in [0.4, 0.5) is 23.1 Å². The van der Waals surface area contributed by atoms with Gasteiger partial charge in [0.1, 0.15) is 5.82 Å². The molecule has 2 aromatic carbocycles. The second-order valence-electron chi connectivity index (χ2n) is 13.5. The fourth-order valence-corrected chi connectivity index (χ4v) is 6.56. The van der Waals surface area contributed by atoms with Crippen molar-refractivity contribution in [3.63, 3.8) is 0 Å². The first kappa shape index (κ1) is 34.9. The molecule has 14 heteroatoms. The van der Waals surface area contributed by atoms with Crippen LogP contribution in [0.3, 0.4) is 0 Å². The second-order valence-corrected chi connectivity index (χ2v) is 13.5. The van der Waals surface area contributed by atoms with Gasteiger partial charge in [-0.3, -0.25) is 19.1 Å². The molecule has 7 rings (SSSR count). The molecule has 270 valence electrons. The molecule has 14 nitrogen and oxygen atoms in total. The highest BCUT2D eigenvalue weighted by atomic mass is 16.2. The number of nitrogens with one attached hydrogen (secondary N) is 3. The minimum Gasteiger partial charge on any atom is -0.397 e. The lowest BCUT2D eigenvalue weighted by atomic mass is 10.0. The first-order valence-electron chi connectivity index (χ1n) is 17.5. The van der Waals surface area contributed by atoms with E-state index in [9.17, 15) is 14.4 Å². The summed E-state index contributed by atoms with van der Waals surface area (Å²) < 4.78 is 1.90. The molecular formula is C39H41N11O3. The number of carbonyl (C=O) groups excluding carboxylic acids is 2. The predicted molar refractivity (Wildman–Crippen MR) is 206 cm³/mol. The van der Waals surface area contributed by atoms with Crippen molar-refractivity contribution in [3.05, 3.63) is 118 Å². The molecule has 6 aromatic rings. The van der Waals surface area contributed by atoms with Crippen molar-refractivity contribution >= 4 is 45.9 Å². The molecule has 1 aliphatic rings. The van der Waals surface area contributed by atoms with E-state index in [4.69, 9.17) is 10.7 Å².